The number of imidazole rings is 1. The highest BCUT2D eigenvalue weighted by atomic mass is 79.9. The predicted octanol–water partition coefficient (Wildman–Crippen LogP) is 4.72. The van der Waals surface area contributed by atoms with E-state index in [0.717, 1.165) is 53.2 Å². The molecule has 3 aromatic rings. The topological polar surface area (TPSA) is 48.3 Å². The minimum Gasteiger partial charge on any atom is -0.493 e. The molecule has 1 N–H and O–H groups in total. The molecular weight excluding hydrogens is 418 g/mol. The fourth-order valence-electron chi connectivity index (χ4n) is 2.86. The van der Waals surface area contributed by atoms with Gasteiger partial charge < -0.3 is 19.4 Å². The quantitative estimate of drug-likeness (QED) is 0.460. The van der Waals surface area contributed by atoms with Gasteiger partial charge >= 0.3 is 0 Å². The summed E-state index contributed by atoms with van der Waals surface area (Å²) >= 11 is 3.66. The molecule has 5 nitrogen and oxygen atoms in total. The number of aryl methyl sites for hydroxylation is 2. The maximum atomic E-state index is 5.99. The number of nitrogens with zero attached hydrogens (tertiary/aromatic N) is 2. The van der Waals surface area contributed by atoms with Crippen molar-refractivity contribution in [3.63, 3.8) is 0 Å². The Kier molecular flexibility index (Phi) is 7.51. The fourth-order valence-corrected chi connectivity index (χ4v) is 3.32. The Hall–Kier alpha value is -2.31. The molecule has 0 saturated heterocycles. The first-order valence-electron chi connectivity index (χ1n) is 9.37. The van der Waals surface area contributed by atoms with Crippen molar-refractivity contribution in [2.75, 3.05) is 13.7 Å². The SMILES string of the molecule is COc1cc(CNCCCn2ccnc2)c(Br)cc1OCc1ccc(C)cc1. The summed E-state index contributed by atoms with van der Waals surface area (Å²) in [4.78, 5) is 4.06. The number of methoxy groups -OCH3 is 1. The normalized spacial score (nSPS) is 10.8. The molecule has 1 heterocycles. The van der Waals surface area contributed by atoms with E-state index in [2.05, 4.69) is 62.0 Å². The fraction of sp³-hybridized carbons (Fsp3) is 0.318. The summed E-state index contributed by atoms with van der Waals surface area (Å²) in [6.07, 6.45) is 6.68. The van der Waals surface area contributed by atoms with Crippen molar-refractivity contribution in [1.82, 2.24) is 14.9 Å². The Morgan fingerprint density at radius 2 is 1.96 bits per heavy atom. The Labute approximate surface area is 174 Å². The predicted molar refractivity (Wildman–Crippen MR) is 115 cm³/mol. The van der Waals surface area contributed by atoms with E-state index in [4.69, 9.17) is 9.47 Å². The molecule has 0 atom stereocenters. The van der Waals surface area contributed by atoms with E-state index < -0.39 is 0 Å². The monoisotopic (exact) mass is 443 g/mol. The summed E-state index contributed by atoms with van der Waals surface area (Å²) in [5.74, 6) is 1.48. The van der Waals surface area contributed by atoms with E-state index in [-0.39, 0.29) is 0 Å². The van der Waals surface area contributed by atoms with Gasteiger partial charge in [-0.25, -0.2) is 4.98 Å². The zero-order valence-corrected chi connectivity index (χ0v) is 17.9. The molecule has 2 aromatic carbocycles. The third kappa shape index (κ3) is 5.84. The summed E-state index contributed by atoms with van der Waals surface area (Å²) in [7, 11) is 1.67. The standard InChI is InChI=1S/C22H26BrN3O2/c1-17-4-6-18(7-5-17)15-28-22-13-20(23)19(12-21(22)27-2)14-24-8-3-10-26-11-9-25-16-26/h4-7,9,11-13,16,24H,3,8,10,14-15H2,1-2H3. The van der Waals surface area contributed by atoms with Gasteiger partial charge in [-0.3, -0.25) is 0 Å². The number of ether oxygens (including phenoxy) is 2. The average molecular weight is 444 g/mol. The third-order valence-electron chi connectivity index (χ3n) is 4.49. The molecule has 0 fully saturated rings. The van der Waals surface area contributed by atoms with Gasteiger partial charge in [0, 0.05) is 30.0 Å². The first-order chi connectivity index (χ1) is 13.7. The largest absolute Gasteiger partial charge is 0.493 e. The number of hydrogen-bond acceptors (Lipinski definition) is 4. The van der Waals surface area contributed by atoms with Gasteiger partial charge in [0.2, 0.25) is 0 Å². The molecule has 0 aliphatic carbocycles. The zero-order valence-electron chi connectivity index (χ0n) is 16.3. The molecule has 3 rings (SSSR count). The second-order valence-corrected chi connectivity index (χ2v) is 7.55. The third-order valence-corrected chi connectivity index (χ3v) is 5.23. The maximum absolute atomic E-state index is 5.99. The summed E-state index contributed by atoms with van der Waals surface area (Å²) in [5, 5.41) is 3.48. The number of nitrogens with one attached hydrogen (secondary N) is 1. The van der Waals surface area contributed by atoms with Crippen LogP contribution in [0.4, 0.5) is 0 Å². The maximum Gasteiger partial charge on any atom is 0.162 e. The van der Waals surface area contributed by atoms with Gasteiger partial charge in [-0.15, -0.1) is 0 Å². The van der Waals surface area contributed by atoms with Gasteiger partial charge in [0.05, 0.1) is 13.4 Å². The molecular formula is C22H26BrN3O2. The first kappa shape index (κ1) is 20.4. The molecule has 0 spiro atoms. The molecule has 6 heteroatoms. The van der Waals surface area contributed by atoms with Crippen LogP contribution in [-0.2, 0) is 19.7 Å². The van der Waals surface area contributed by atoms with E-state index in [9.17, 15) is 0 Å². The minimum absolute atomic E-state index is 0.509. The van der Waals surface area contributed by atoms with Crippen molar-refractivity contribution >= 4 is 15.9 Å². The second kappa shape index (κ2) is 10.3. The molecule has 28 heavy (non-hydrogen) atoms. The summed E-state index contributed by atoms with van der Waals surface area (Å²) in [6.45, 7) is 5.24. The van der Waals surface area contributed by atoms with Crippen LogP contribution in [0, 0.1) is 6.92 Å². The lowest BCUT2D eigenvalue weighted by Gasteiger charge is -2.15. The van der Waals surface area contributed by atoms with Crippen molar-refractivity contribution in [3.8, 4) is 11.5 Å². The highest BCUT2D eigenvalue weighted by molar-refractivity contribution is 9.10. The van der Waals surface area contributed by atoms with E-state index in [1.165, 1.54) is 5.56 Å². The van der Waals surface area contributed by atoms with Crippen molar-refractivity contribution in [3.05, 3.63) is 76.3 Å². The number of halogens is 1. The summed E-state index contributed by atoms with van der Waals surface area (Å²) in [5.41, 5.74) is 3.51. The van der Waals surface area contributed by atoms with E-state index in [1.807, 2.05) is 24.7 Å². The number of benzene rings is 2. The van der Waals surface area contributed by atoms with Gasteiger partial charge in [0.15, 0.2) is 11.5 Å². The lowest BCUT2D eigenvalue weighted by molar-refractivity contribution is 0.284. The van der Waals surface area contributed by atoms with Crippen molar-refractivity contribution in [2.24, 2.45) is 0 Å². The van der Waals surface area contributed by atoms with E-state index in [1.54, 1.807) is 13.3 Å². The van der Waals surface area contributed by atoms with Gasteiger partial charge in [-0.2, -0.15) is 0 Å². The van der Waals surface area contributed by atoms with Crippen LogP contribution in [0.3, 0.4) is 0 Å². The van der Waals surface area contributed by atoms with Gasteiger partial charge in [0.25, 0.3) is 0 Å². The Bertz CT molecular complexity index is 864. The van der Waals surface area contributed by atoms with Crippen molar-refractivity contribution < 1.29 is 9.47 Å². The first-order valence-corrected chi connectivity index (χ1v) is 10.2. The van der Waals surface area contributed by atoms with Crippen LogP contribution in [0.5, 0.6) is 11.5 Å². The number of aromatic nitrogens is 2. The van der Waals surface area contributed by atoms with Crippen LogP contribution >= 0.6 is 15.9 Å². The highest BCUT2D eigenvalue weighted by Gasteiger charge is 2.10. The van der Waals surface area contributed by atoms with E-state index >= 15 is 0 Å². The molecule has 1 aromatic heterocycles. The second-order valence-electron chi connectivity index (χ2n) is 6.70. The Morgan fingerprint density at radius 1 is 1.14 bits per heavy atom. The van der Waals surface area contributed by atoms with Crippen LogP contribution in [0.15, 0.2) is 59.6 Å². The van der Waals surface area contributed by atoms with Crippen molar-refractivity contribution in [2.45, 2.75) is 33.0 Å². The molecule has 0 aliphatic heterocycles. The molecule has 0 saturated carbocycles. The number of hydrogen-bond donors (Lipinski definition) is 1. The van der Waals surface area contributed by atoms with Gasteiger partial charge in [-0.1, -0.05) is 45.8 Å². The summed E-state index contributed by atoms with van der Waals surface area (Å²) in [6, 6.07) is 12.4. The van der Waals surface area contributed by atoms with Crippen LogP contribution in [0.2, 0.25) is 0 Å². The number of rotatable bonds is 10. The molecule has 0 bridgehead atoms. The molecule has 0 amide bonds. The van der Waals surface area contributed by atoms with Crippen LogP contribution in [-0.4, -0.2) is 23.2 Å². The lowest BCUT2D eigenvalue weighted by atomic mass is 10.1. The smallest absolute Gasteiger partial charge is 0.162 e. The van der Waals surface area contributed by atoms with Crippen LogP contribution < -0.4 is 14.8 Å². The Morgan fingerprint density at radius 3 is 2.68 bits per heavy atom. The van der Waals surface area contributed by atoms with Crippen molar-refractivity contribution in [1.29, 1.82) is 0 Å². The van der Waals surface area contributed by atoms with Crippen LogP contribution in [0.25, 0.3) is 0 Å². The van der Waals surface area contributed by atoms with E-state index in [0.29, 0.717) is 6.61 Å². The Balaban J connectivity index is 1.53. The lowest BCUT2D eigenvalue weighted by Crippen LogP contribution is -2.16. The van der Waals surface area contributed by atoms with Gasteiger partial charge in [0.1, 0.15) is 6.61 Å². The molecule has 0 unspecified atom stereocenters. The summed E-state index contributed by atoms with van der Waals surface area (Å²) < 4.78 is 14.6. The highest BCUT2D eigenvalue weighted by Crippen LogP contribution is 2.34. The zero-order chi connectivity index (χ0) is 19.8. The molecule has 0 aliphatic rings. The molecule has 0 radical (unpaired) electrons. The van der Waals surface area contributed by atoms with Crippen LogP contribution in [0.1, 0.15) is 23.1 Å². The minimum atomic E-state index is 0.509. The van der Waals surface area contributed by atoms with Gasteiger partial charge in [-0.05, 0) is 43.1 Å². The average Bonchev–Trinajstić information content (AvgIpc) is 3.22. The molecule has 148 valence electrons.